The Labute approximate surface area is 75.7 Å². The van der Waals surface area contributed by atoms with Gasteiger partial charge in [-0.15, -0.1) is 0 Å². The van der Waals surface area contributed by atoms with Crippen molar-refractivity contribution in [2.75, 3.05) is 6.61 Å². The Balaban J connectivity index is 2.02. The molecule has 1 saturated carbocycles. The van der Waals surface area contributed by atoms with Gasteiger partial charge in [0, 0.05) is 9.34 Å². The van der Waals surface area contributed by atoms with Gasteiger partial charge < -0.3 is 4.74 Å². The molecule has 0 N–H and O–H groups in total. The van der Waals surface area contributed by atoms with Crippen molar-refractivity contribution >= 4 is 22.6 Å². The monoisotopic (exact) mass is 252 g/mol. The Morgan fingerprint density at radius 1 is 1.60 bits per heavy atom. The van der Waals surface area contributed by atoms with Crippen LogP contribution in [0.15, 0.2) is 0 Å². The smallest absolute Gasteiger partial charge is 0.0660 e. The van der Waals surface area contributed by atoms with Crippen LogP contribution in [0.2, 0.25) is 0 Å². The first-order valence-corrected chi connectivity index (χ1v) is 5.21. The molecule has 2 aliphatic rings. The van der Waals surface area contributed by atoms with Gasteiger partial charge in [-0.1, -0.05) is 29.5 Å². The Bertz CT molecular complexity index is 148. The number of ether oxygens (including phenoxy) is 1. The van der Waals surface area contributed by atoms with Gasteiger partial charge in [0.2, 0.25) is 0 Å². The summed E-state index contributed by atoms with van der Waals surface area (Å²) >= 11 is 2.54. The second-order valence-electron chi connectivity index (χ2n) is 3.83. The van der Waals surface area contributed by atoms with Crippen LogP contribution in [0, 0.1) is 5.41 Å². The van der Waals surface area contributed by atoms with Crippen molar-refractivity contribution in [1.82, 2.24) is 0 Å². The number of hydrogen-bond acceptors (Lipinski definition) is 1. The van der Waals surface area contributed by atoms with Crippen molar-refractivity contribution in [3.8, 4) is 0 Å². The highest BCUT2D eigenvalue weighted by molar-refractivity contribution is 14.1. The molecule has 2 rings (SSSR count). The van der Waals surface area contributed by atoms with Crippen molar-refractivity contribution in [3.05, 3.63) is 0 Å². The van der Waals surface area contributed by atoms with Gasteiger partial charge in [-0.3, -0.25) is 0 Å². The molecule has 1 aliphatic heterocycles. The van der Waals surface area contributed by atoms with Gasteiger partial charge in [0.05, 0.1) is 12.7 Å². The molecule has 2 heteroatoms. The standard InChI is InChI=1S/C8H13IO/c1-8-3-2-6(9)4-7(8)10-5-8/h6-7H,2-5H2,1H3. The summed E-state index contributed by atoms with van der Waals surface area (Å²) in [6.45, 7) is 3.38. The van der Waals surface area contributed by atoms with Crippen LogP contribution in [-0.2, 0) is 4.74 Å². The van der Waals surface area contributed by atoms with Gasteiger partial charge in [0.15, 0.2) is 0 Å². The minimum Gasteiger partial charge on any atom is -0.377 e. The van der Waals surface area contributed by atoms with E-state index in [4.69, 9.17) is 4.74 Å². The van der Waals surface area contributed by atoms with Crippen molar-refractivity contribution < 1.29 is 4.74 Å². The van der Waals surface area contributed by atoms with Crippen LogP contribution in [0.3, 0.4) is 0 Å². The number of hydrogen-bond donors (Lipinski definition) is 0. The zero-order valence-electron chi connectivity index (χ0n) is 6.27. The van der Waals surface area contributed by atoms with Gasteiger partial charge >= 0.3 is 0 Å². The van der Waals surface area contributed by atoms with E-state index in [1.54, 1.807) is 0 Å². The molecule has 1 aliphatic carbocycles. The van der Waals surface area contributed by atoms with Crippen LogP contribution in [0.1, 0.15) is 26.2 Å². The average Bonchev–Trinajstić information content (AvgIpc) is 1.91. The van der Waals surface area contributed by atoms with Crippen LogP contribution in [0.25, 0.3) is 0 Å². The molecule has 0 aromatic heterocycles. The molecule has 0 radical (unpaired) electrons. The Hall–Kier alpha value is 0.690. The molecule has 1 nitrogen and oxygen atoms in total. The lowest BCUT2D eigenvalue weighted by molar-refractivity contribution is -0.194. The van der Waals surface area contributed by atoms with Crippen molar-refractivity contribution in [3.63, 3.8) is 0 Å². The summed E-state index contributed by atoms with van der Waals surface area (Å²) in [5.74, 6) is 0. The van der Waals surface area contributed by atoms with E-state index in [-0.39, 0.29) is 0 Å². The van der Waals surface area contributed by atoms with E-state index in [9.17, 15) is 0 Å². The minimum absolute atomic E-state index is 0.571. The van der Waals surface area contributed by atoms with E-state index in [1.165, 1.54) is 19.3 Å². The fourth-order valence-electron chi connectivity index (χ4n) is 1.91. The van der Waals surface area contributed by atoms with Crippen molar-refractivity contribution in [2.24, 2.45) is 5.41 Å². The highest BCUT2D eigenvalue weighted by atomic mass is 127. The molecule has 0 amide bonds. The molecule has 0 aromatic carbocycles. The van der Waals surface area contributed by atoms with Crippen LogP contribution >= 0.6 is 22.6 Å². The Kier molecular flexibility index (Phi) is 1.72. The van der Waals surface area contributed by atoms with E-state index in [0.29, 0.717) is 11.5 Å². The summed E-state index contributed by atoms with van der Waals surface area (Å²) in [5.41, 5.74) is 0.571. The SMILES string of the molecule is CC12CCC(I)CC1OC2. The van der Waals surface area contributed by atoms with Crippen LogP contribution in [0.5, 0.6) is 0 Å². The summed E-state index contributed by atoms with van der Waals surface area (Å²) < 4.78 is 6.37. The van der Waals surface area contributed by atoms with E-state index >= 15 is 0 Å². The third kappa shape index (κ3) is 0.998. The van der Waals surface area contributed by atoms with Gasteiger partial charge in [-0.05, 0) is 19.3 Å². The Morgan fingerprint density at radius 3 is 2.80 bits per heavy atom. The quantitative estimate of drug-likeness (QED) is 0.475. The third-order valence-electron chi connectivity index (χ3n) is 2.89. The maximum atomic E-state index is 5.50. The summed E-state index contributed by atoms with van der Waals surface area (Å²) in [7, 11) is 0. The molecule has 1 heterocycles. The number of halogens is 1. The van der Waals surface area contributed by atoms with Crippen molar-refractivity contribution in [1.29, 1.82) is 0 Å². The first-order chi connectivity index (χ1) is 4.71. The molecule has 3 unspecified atom stereocenters. The molecule has 3 atom stereocenters. The predicted octanol–water partition coefficient (Wildman–Crippen LogP) is 2.38. The van der Waals surface area contributed by atoms with Gasteiger partial charge in [-0.25, -0.2) is 0 Å². The molecule has 1 saturated heterocycles. The summed E-state index contributed by atoms with van der Waals surface area (Å²) in [6, 6.07) is 0. The fourth-order valence-corrected chi connectivity index (χ4v) is 2.68. The number of rotatable bonds is 0. The highest BCUT2D eigenvalue weighted by Gasteiger charge is 2.47. The third-order valence-corrected chi connectivity index (χ3v) is 4.02. The van der Waals surface area contributed by atoms with E-state index in [0.717, 1.165) is 10.5 Å². The molecule has 0 spiro atoms. The highest BCUT2D eigenvalue weighted by Crippen LogP contribution is 2.47. The minimum atomic E-state index is 0.571. The maximum Gasteiger partial charge on any atom is 0.0660 e. The first-order valence-electron chi connectivity index (χ1n) is 3.96. The molecule has 10 heavy (non-hydrogen) atoms. The summed E-state index contributed by atoms with van der Waals surface area (Å²) in [6.07, 6.45) is 4.67. The lowest BCUT2D eigenvalue weighted by atomic mass is 9.70. The zero-order valence-corrected chi connectivity index (χ0v) is 8.43. The van der Waals surface area contributed by atoms with E-state index < -0.39 is 0 Å². The van der Waals surface area contributed by atoms with Gasteiger partial charge in [0.1, 0.15) is 0 Å². The second kappa shape index (κ2) is 2.34. The molecule has 0 aromatic rings. The molecule has 58 valence electrons. The van der Waals surface area contributed by atoms with Crippen LogP contribution < -0.4 is 0 Å². The van der Waals surface area contributed by atoms with E-state index in [2.05, 4.69) is 29.5 Å². The number of fused-ring (bicyclic) bond motifs is 1. The first kappa shape index (κ1) is 7.35. The fraction of sp³-hybridized carbons (Fsp3) is 1.00. The van der Waals surface area contributed by atoms with E-state index in [1.807, 2.05) is 0 Å². The Morgan fingerprint density at radius 2 is 2.40 bits per heavy atom. The van der Waals surface area contributed by atoms with Crippen molar-refractivity contribution in [2.45, 2.75) is 36.2 Å². The molecular formula is C8H13IO. The largest absolute Gasteiger partial charge is 0.377 e. The normalized spacial score (nSPS) is 53.4. The lowest BCUT2D eigenvalue weighted by Crippen LogP contribution is -2.53. The lowest BCUT2D eigenvalue weighted by Gasteiger charge is -2.51. The molecular weight excluding hydrogens is 239 g/mol. The summed E-state index contributed by atoms with van der Waals surface area (Å²) in [4.78, 5) is 0. The maximum absolute atomic E-state index is 5.50. The molecule has 2 fully saturated rings. The predicted molar refractivity (Wildman–Crippen MR) is 49.5 cm³/mol. The summed E-state index contributed by atoms with van der Waals surface area (Å²) in [5, 5.41) is 0. The topological polar surface area (TPSA) is 9.23 Å². The van der Waals surface area contributed by atoms with Gasteiger partial charge in [-0.2, -0.15) is 0 Å². The van der Waals surface area contributed by atoms with Crippen LogP contribution in [0.4, 0.5) is 0 Å². The van der Waals surface area contributed by atoms with Crippen LogP contribution in [-0.4, -0.2) is 16.6 Å². The molecule has 0 bridgehead atoms. The second-order valence-corrected chi connectivity index (χ2v) is 5.59. The van der Waals surface area contributed by atoms with Gasteiger partial charge in [0.25, 0.3) is 0 Å². The zero-order chi connectivity index (χ0) is 7.19. The average molecular weight is 252 g/mol. The number of alkyl halides is 1.